The number of hydrogen-bond donors (Lipinski definition) is 0. The second-order valence-electron chi connectivity index (χ2n) is 4.02. The number of hydrogen-bond acceptors (Lipinski definition) is 0. The van der Waals surface area contributed by atoms with Crippen LogP contribution in [0, 0.1) is 11.8 Å². The van der Waals surface area contributed by atoms with Crippen LogP contribution in [0.3, 0.4) is 0 Å². The van der Waals surface area contributed by atoms with Gasteiger partial charge in [-0.1, -0.05) is 25.5 Å². The molecule has 0 rings (SSSR count). The number of halogens is 1. The molecule has 0 N–H and O–H groups in total. The van der Waals surface area contributed by atoms with Crippen LogP contribution in [0.15, 0.2) is 11.6 Å². The minimum atomic E-state index is 0.683. The summed E-state index contributed by atoms with van der Waals surface area (Å²) in [6, 6.07) is 0. The second-order valence-corrected chi connectivity index (χ2v) is 4.33. The fraction of sp³-hybridized carbons (Fsp3) is 0.818. The summed E-state index contributed by atoms with van der Waals surface area (Å²) in [7, 11) is 0. The van der Waals surface area contributed by atoms with E-state index in [0.717, 1.165) is 5.88 Å². The molecule has 1 unspecified atom stereocenters. The number of rotatable bonds is 5. The fourth-order valence-corrected chi connectivity index (χ4v) is 1.69. The molecule has 12 heavy (non-hydrogen) atoms. The number of alkyl halides is 1. The van der Waals surface area contributed by atoms with Gasteiger partial charge in [-0.05, 0) is 38.5 Å². The first kappa shape index (κ1) is 12.0. The summed E-state index contributed by atoms with van der Waals surface area (Å²) in [5.41, 5.74) is 1.41. The van der Waals surface area contributed by atoms with Crippen molar-refractivity contribution in [3.8, 4) is 0 Å². The maximum absolute atomic E-state index is 5.86. The Balaban J connectivity index is 3.66. The van der Waals surface area contributed by atoms with Crippen LogP contribution >= 0.6 is 11.6 Å². The first-order valence-corrected chi connectivity index (χ1v) is 5.30. The molecule has 0 aromatic heterocycles. The Morgan fingerprint density at radius 3 is 2.25 bits per heavy atom. The highest BCUT2D eigenvalue weighted by molar-refractivity contribution is 6.18. The average Bonchev–Trinajstić information content (AvgIpc) is 1.96. The molecule has 0 radical (unpaired) electrons. The van der Waals surface area contributed by atoms with Crippen LogP contribution in [-0.2, 0) is 0 Å². The van der Waals surface area contributed by atoms with Gasteiger partial charge < -0.3 is 0 Å². The lowest BCUT2D eigenvalue weighted by Crippen LogP contribution is -2.09. The first-order chi connectivity index (χ1) is 5.57. The summed E-state index contributed by atoms with van der Waals surface area (Å²) in [6.45, 7) is 8.78. The molecule has 0 bridgehead atoms. The maximum Gasteiger partial charge on any atom is 0.0254 e. The zero-order valence-corrected chi connectivity index (χ0v) is 9.49. The van der Waals surface area contributed by atoms with Crippen LogP contribution in [0.2, 0.25) is 0 Å². The van der Waals surface area contributed by atoms with E-state index in [1.807, 2.05) is 0 Å². The third-order valence-electron chi connectivity index (χ3n) is 2.23. The van der Waals surface area contributed by atoms with Gasteiger partial charge in [-0.3, -0.25) is 0 Å². The first-order valence-electron chi connectivity index (χ1n) is 4.77. The molecule has 0 heterocycles. The normalized spacial score (nSPS) is 13.2. The molecule has 0 spiro atoms. The predicted octanol–water partition coefficient (Wildman–Crippen LogP) is 4.24. The van der Waals surface area contributed by atoms with Gasteiger partial charge in [-0.15, -0.1) is 11.6 Å². The summed E-state index contributed by atoms with van der Waals surface area (Å²) in [4.78, 5) is 0. The molecule has 0 saturated carbocycles. The highest BCUT2D eigenvalue weighted by Gasteiger charge is 2.10. The molecule has 0 amide bonds. The van der Waals surface area contributed by atoms with Crippen LogP contribution in [0.25, 0.3) is 0 Å². The van der Waals surface area contributed by atoms with Gasteiger partial charge in [0.15, 0.2) is 0 Å². The standard InChI is InChI=1S/C11H21Cl/c1-9(2)6-5-7-11(8-12)10(3)4/h6,10-11H,5,7-8H2,1-4H3. The Bertz CT molecular complexity index is 132. The summed E-state index contributed by atoms with van der Waals surface area (Å²) in [6.07, 6.45) is 4.70. The van der Waals surface area contributed by atoms with Gasteiger partial charge in [-0.2, -0.15) is 0 Å². The average molecular weight is 189 g/mol. The summed E-state index contributed by atoms with van der Waals surface area (Å²) in [5.74, 6) is 2.20. The van der Waals surface area contributed by atoms with E-state index < -0.39 is 0 Å². The van der Waals surface area contributed by atoms with Crippen LogP contribution in [0.5, 0.6) is 0 Å². The van der Waals surface area contributed by atoms with Gasteiger partial charge in [0.2, 0.25) is 0 Å². The highest BCUT2D eigenvalue weighted by atomic mass is 35.5. The van der Waals surface area contributed by atoms with E-state index in [2.05, 4.69) is 33.8 Å². The lowest BCUT2D eigenvalue weighted by atomic mass is 9.93. The monoisotopic (exact) mass is 188 g/mol. The lowest BCUT2D eigenvalue weighted by molar-refractivity contribution is 0.400. The molecular weight excluding hydrogens is 168 g/mol. The summed E-state index contributed by atoms with van der Waals surface area (Å²) >= 11 is 5.86. The smallest absolute Gasteiger partial charge is 0.0254 e. The van der Waals surface area contributed by atoms with Crippen molar-refractivity contribution >= 4 is 11.6 Å². The minimum Gasteiger partial charge on any atom is -0.126 e. The molecular formula is C11H21Cl. The Morgan fingerprint density at radius 2 is 1.92 bits per heavy atom. The van der Waals surface area contributed by atoms with Gasteiger partial charge in [0, 0.05) is 5.88 Å². The van der Waals surface area contributed by atoms with E-state index in [0.29, 0.717) is 11.8 Å². The predicted molar refractivity (Wildman–Crippen MR) is 57.7 cm³/mol. The van der Waals surface area contributed by atoms with Crippen molar-refractivity contribution in [1.82, 2.24) is 0 Å². The lowest BCUT2D eigenvalue weighted by Gasteiger charge is -2.16. The highest BCUT2D eigenvalue weighted by Crippen LogP contribution is 2.19. The van der Waals surface area contributed by atoms with Crippen LogP contribution < -0.4 is 0 Å². The molecule has 0 saturated heterocycles. The molecule has 0 fully saturated rings. The Kier molecular flexibility index (Phi) is 6.55. The van der Waals surface area contributed by atoms with E-state index >= 15 is 0 Å². The second kappa shape index (κ2) is 6.54. The van der Waals surface area contributed by atoms with E-state index in [9.17, 15) is 0 Å². The van der Waals surface area contributed by atoms with Gasteiger partial charge in [0.25, 0.3) is 0 Å². The van der Waals surface area contributed by atoms with Crippen molar-refractivity contribution < 1.29 is 0 Å². The SMILES string of the molecule is CC(C)=CCCC(CCl)C(C)C. The fourth-order valence-electron chi connectivity index (χ4n) is 1.17. The van der Waals surface area contributed by atoms with Crippen LogP contribution in [0.1, 0.15) is 40.5 Å². The molecule has 0 aliphatic heterocycles. The van der Waals surface area contributed by atoms with Crippen molar-refractivity contribution in [2.75, 3.05) is 5.88 Å². The summed E-state index contributed by atoms with van der Waals surface area (Å²) in [5, 5.41) is 0. The molecule has 0 aliphatic carbocycles. The van der Waals surface area contributed by atoms with Crippen molar-refractivity contribution in [2.45, 2.75) is 40.5 Å². The molecule has 0 aromatic carbocycles. The van der Waals surface area contributed by atoms with Crippen LogP contribution in [-0.4, -0.2) is 5.88 Å². The maximum atomic E-state index is 5.86. The van der Waals surface area contributed by atoms with Gasteiger partial charge in [0.1, 0.15) is 0 Å². The minimum absolute atomic E-state index is 0.683. The topological polar surface area (TPSA) is 0 Å². The van der Waals surface area contributed by atoms with Crippen molar-refractivity contribution in [3.63, 3.8) is 0 Å². The zero-order valence-electron chi connectivity index (χ0n) is 8.73. The van der Waals surface area contributed by atoms with Gasteiger partial charge in [-0.25, -0.2) is 0 Å². The third kappa shape index (κ3) is 5.65. The van der Waals surface area contributed by atoms with Crippen LogP contribution in [0.4, 0.5) is 0 Å². The molecule has 0 nitrogen and oxygen atoms in total. The van der Waals surface area contributed by atoms with Crippen molar-refractivity contribution in [2.24, 2.45) is 11.8 Å². The molecule has 0 aromatic rings. The van der Waals surface area contributed by atoms with E-state index in [1.54, 1.807) is 0 Å². The van der Waals surface area contributed by atoms with Crippen molar-refractivity contribution in [1.29, 1.82) is 0 Å². The molecule has 1 atom stereocenters. The third-order valence-corrected chi connectivity index (χ3v) is 2.63. The largest absolute Gasteiger partial charge is 0.126 e. The van der Waals surface area contributed by atoms with E-state index in [4.69, 9.17) is 11.6 Å². The van der Waals surface area contributed by atoms with E-state index in [-0.39, 0.29) is 0 Å². The van der Waals surface area contributed by atoms with Gasteiger partial charge >= 0.3 is 0 Å². The Labute approximate surface area is 82.0 Å². The Hall–Kier alpha value is 0.0300. The Morgan fingerprint density at radius 1 is 1.33 bits per heavy atom. The van der Waals surface area contributed by atoms with Gasteiger partial charge in [0.05, 0.1) is 0 Å². The van der Waals surface area contributed by atoms with E-state index in [1.165, 1.54) is 18.4 Å². The number of allylic oxidation sites excluding steroid dienone is 2. The molecule has 72 valence electrons. The quantitative estimate of drug-likeness (QED) is 0.447. The molecule has 1 heteroatoms. The van der Waals surface area contributed by atoms with Crippen molar-refractivity contribution in [3.05, 3.63) is 11.6 Å². The zero-order chi connectivity index (χ0) is 9.56. The molecule has 0 aliphatic rings. The summed E-state index contributed by atoms with van der Waals surface area (Å²) < 4.78 is 0.